The van der Waals surface area contributed by atoms with E-state index in [1.165, 1.54) is 0 Å². The molecule has 0 bridgehead atoms. The van der Waals surface area contributed by atoms with Crippen LogP contribution in [-0.4, -0.2) is 54.0 Å². The maximum absolute atomic E-state index is 12.9. The van der Waals surface area contributed by atoms with E-state index in [-0.39, 0.29) is 18.2 Å². The van der Waals surface area contributed by atoms with E-state index in [1.54, 1.807) is 19.2 Å². The molecule has 0 saturated heterocycles. The topological polar surface area (TPSA) is 95.9 Å². The van der Waals surface area contributed by atoms with Crippen molar-refractivity contribution >= 4 is 23.4 Å². The van der Waals surface area contributed by atoms with Gasteiger partial charge in [0.25, 0.3) is 11.8 Å². The highest BCUT2D eigenvalue weighted by molar-refractivity contribution is 5.99. The molecule has 0 aliphatic carbocycles. The molecule has 3 aromatic rings. The number of rotatable bonds is 8. The molecule has 0 spiro atoms. The second-order valence-corrected chi connectivity index (χ2v) is 9.49. The summed E-state index contributed by atoms with van der Waals surface area (Å²) in [6.07, 6.45) is 2.95. The van der Waals surface area contributed by atoms with Gasteiger partial charge in [0.05, 0.1) is 7.11 Å². The van der Waals surface area contributed by atoms with Gasteiger partial charge in [-0.15, -0.1) is 0 Å². The summed E-state index contributed by atoms with van der Waals surface area (Å²) < 4.78 is 5.23. The molecule has 0 aromatic heterocycles. The fraction of sp³-hybridized carbons (Fsp3) is 0.258. The zero-order chi connectivity index (χ0) is 27.2. The number of hydrogen-bond acceptors (Lipinski definition) is 4. The van der Waals surface area contributed by atoms with Gasteiger partial charge in [-0.3, -0.25) is 9.59 Å². The number of carboxylic acids is 1. The van der Waals surface area contributed by atoms with Gasteiger partial charge < -0.3 is 20.1 Å². The Morgan fingerprint density at radius 1 is 1.00 bits per heavy atom. The molecule has 7 nitrogen and oxygen atoms in total. The van der Waals surface area contributed by atoms with E-state index in [0.29, 0.717) is 30.0 Å². The van der Waals surface area contributed by atoms with Crippen LogP contribution in [0.25, 0.3) is 5.57 Å². The van der Waals surface area contributed by atoms with E-state index < -0.39 is 12.0 Å². The Morgan fingerprint density at radius 3 is 2.29 bits per heavy atom. The van der Waals surface area contributed by atoms with Crippen molar-refractivity contribution in [1.82, 2.24) is 10.2 Å². The van der Waals surface area contributed by atoms with Gasteiger partial charge >= 0.3 is 5.97 Å². The third-order valence-electron chi connectivity index (χ3n) is 6.89. The van der Waals surface area contributed by atoms with Crippen LogP contribution in [0.1, 0.15) is 49.4 Å². The fourth-order valence-electron chi connectivity index (χ4n) is 4.75. The summed E-state index contributed by atoms with van der Waals surface area (Å²) in [6.45, 7) is 4.79. The molecule has 1 aliphatic rings. The van der Waals surface area contributed by atoms with E-state index in [1.807, 2.05) is 73.3 Å². The van der Waals surface area contributed by atoms with Crippen molar-refractivity contribution in [3.63, 3.8) is 0 Å². The van der Waals surface area contributed by atoms with Crippen molar-refractivity contribution in [3.05, 3.63) is 106 Å². The lowest BCUT2D eigenvalue weighted by molar-refractivity contribution is -0.139. The van der Waals surface area contributed by atoms with Gasteiger partial charge in [0.1, 0.15) is 11.8 Å². The van der Waals surface area contributed by atoms with Crippen molar-refractivity contribution in [2.45, 2.75) is 32.7 Å². The van der Waals surface area contributed by atoms with E-state index in [9.17, 15) is 19.5 Å². The second kappa shape index (κ2) is 11.8. The van der Waals surface area contributed by atoms with Crippen LogP contribution in [0.2, 0.25) is 0 Å². The van der Waals surface area contributed by atoms with Crippen LogP contribution >= 0.6 is 0 Å². The molecule has 0 unspecified atom stereocenters. The van der Waals surface area contributed by atoms with Crippen molar-refractivity contribution in [1.29, 1.82) is 0 Å². The molecule has 0 fully saturated rings. The van der Waals surface area contributed by atoms with Gasteiger partial charge in [0, 0.05) is 30.6 Å². The zero-order valence-corrected chi connectivity index (χ0v) is 21.9. The predicted molar refractivity (Wildman–Crippen MR) is 146 cm³/mol. The molecular weight excluding hydrogens is 480 g/mol. The Kier molecular flexibility index (Phi) is 8.26. The Hall–Kier alpha value is -4.39. The van der Waals surface area contributed by atoms with Crippen molar-refractivity contribution in [3.8, 4) is 5.75 Å². The molecule has 0 saturated carbocycles. The molecule has 1 aliphatic heterocycles. The molecule has 1 atom stereocenters. The normalized spacial score (nSPS) is 13.9. The van der Waals surface area contributed by atoms with Gasteiger partial charge in [-0.1, -0.05) is 54.6 Å². The Bertz CT molecular complexity index is 1360. The van der Waals surface area contributed by atoms with Crippen LogP contribution in [0.15, 0.2) is 72.8 Å². The third-order valence-corrected chi connectivity index (χ3v) is 6.89. The Morgan fingerprint density at radius 2 is 1.68 bits per heavy atom. The highest BCUT2D eigenvalue weighted by atomic mass is 16.5. The first-order valence-corrected chi connectivity index (χ1v) is 12.6. The molecule has 4 rings (SSSR count). The molecule has 38 heavy (non-hydrogen) atoms. The number of hydrogen-bond donors (Lipinski definition) is 2. The Labute approximate surface area is 222 Å². The van der Waals surface area contributed by atoms with Gasteiger partial charge in [-0.25, -0.2) is 4.79 Å². The summed E-state index contributed by atoms with van der Waals surface area (Å²) in [4.78, 5) is 39.4. The lowest BCUT2D eigenvalue weighted by atomic mass is 9.96. The van der Waals surface area contributed by atoms with E-state index >= 15 is 0 Å². The number of aliphatic carboxylic acids is 1. The van der Waals surface area contributed by atoms with Crippen LogP contribution in [0.3, 0.4) is 0 Å². The minimum Gasteiger partial charge on any atom is -0.497 e. The number of aryl methyl sites for hydroxylation is 2. The van der Waals surface area contributed by atoms with Crippen LogP contribution in [0, 0.1) is 13.8 Å². The first-order chi connectivity index (χ1) is 18.3. The number of carbonyl (C=O) groups excluding carboxylic acids is 2. The molecular formula is C31H32N2O5. The summed E-state index contributed by atoms with van der Waals surface area (Å²) >= 11 is 0. The van der Waals surface area contributed by atoms with Gasteiger partial charge in [0.2, 0.25) is 0 Å². The quantitative estimate of drug-likeness (QED) is 0.457. The summed E-state index contributed by atoms with van der Waals surface area (Å²) in [7, 11) is 1.58. The molecule has 0 radical (unpaired) electrons. The van der Waals surface area contributed by atoms with Gasteiger partial charge in [-0.2, -0.15) is 0 Å². The van der Waals surface area contributed by atoms with Crippen molar-refractivity contribution in [2.24, 2.45) is 0 Å². The van der Waals surface area contributed by atoms with Crippen molar-refractivity contribution < 1.29 is 24.2 Å². The molecule has 2 N–H and O–H groups in total. The highest BCUT2D eigenvalue weighted by Crippen LogP contribution is 2.25. The van der Waals surface area contributed by atoms with Crippen LogP contribution in [0.4, 0.5) is 0 Å². The van der Waals surface area contributed by atoms with Crippen molar-refractivity contribution in [2.75, 3.05) is 20.2 Å². The first kappa shape index (κ1) is 26.7. The molecule has 2 amide bonds. The minimum atomic E-state index is -1.08. The molecule has 7 heteroatoms. The Balaban J connectivity index is 1.39. The number of methoxy groups -OCH3 is 1. The van der Waals surface area contributed by atoms with Gasteiger partial charge in [-0.05, 0) is 66.3 Å². The maximum Gasteiger partial charge on any atom is 0.326 e. The summed E-state index contributed by atoms with van der Waals surface area (Å²) in [5.74, 6) is -0.842. The van der Waals surface area contributed by atoms with E-state index in [0.717, 1.165) is 34.2 Å². The molecule has 3 aromatic carbocycles. The summed E-state index contributed by atoms with van der Waals surface area (Å²) in [5, 5.41) is 12.4. The average molecular weight is 513 g/mol. The fourth-order valence-corrected chi connectivity index (χ4v) is 4.75. The third kappa shape index (κ3) is 6.11. The SMILES string of the molecule is COc1cccc(C(=O)N2CC=C(c3ccc(C[C@H](NC(=O)c4c(C)cccc4C)C(=O)O)cc3)CC2)c1. The van der Waals surface area contributed by atoms with E-state index in [2.05, 4.69) is 11.4 Å². The largest absolute Gasteiger partial charge is 0.497 e. The maximum atomic E-state index is 12.9. The minimum absolute atomic E-state index is 0.0304. The summed E-state index contributed by atoms with van der Waals surface area (Å²) in [6, 6.07) is 19.4. The number of amides is 2. The number of benzene rings is 3. The number of carboxylic acid groups (broad SMARTS) is 1. The first-order valence-electron chi connectivity index (χ1n) is 12.6. The molecule has 1 heterocycles. The van der Waals surface area contributed by atoms with Crippen LogP contribution < -0.4 is 10.1 Å². The monoisotopic (exact) mass is 512 g/mol. The zero-order valence-electron chi connectivity index (χ0n) is 21.9. The van der Waals surface area contributed by atoms with Crippen LogP contribution in [-0.2, 0) is 11.2 Å². The lowest BCUT2D eigenvalue weighted by Gasteiger charge is -2.27. The highest BCUT2D eigenvalue weighted by Gasteiger charge is 2.23. The smallest absolute Gasteiger partial charge is 0.326 e. The average Bonchev–Trinajstić information content (AvgIpc) is 2.92. The predicted octanol–water partition coefficient (Wildman–Crippen LogP) is 4.67. The standard InChI is InChI=1S/C31H32N2O5/c1-20-6-4-7-21(2)28(20)29(34)32-27(31(36)37)18-22-10-12-23(13-11-22)24-14-16-33(17-15-24)30(35)25-8-5-9-26(19-25)38-3/h4-14,19,27H,15-18H2,1-3H3,(H,32,34)(H,36,37)/t27-/m0/s1. The molecule has 196 valence electrons. The number of ether oxygens (including phenoxy) is 1. The second-order valence-electron chi connectivity index (χ2n) is 9.49. The number of carbonyl (C=O) groups is 3. The van der Waals surface area contributed by atoms with Crippen LogP contribution in [0.5, 0.6) is 5.75 Å². The number of nitrogens with zero attached hydrogens (tertiary/aromatic N) is 1. The van der Waals surface area contributed by atoms with Gasteiger partial charge in [0.15, 0.2) is 0 Å². The van der Waals surface area contributed by atoms with E-state index in [4.69, 9.17) is 4.74 Å². The summed E-state index contributed by atoms with van der Waals surface area (Å²) in [5.41, 5.74) is 5.72. The lowest BCUT2D eigenvalue weighted by Crippen LogP contribution is -2.42. The number of nitrogens with one attached hydrogen (secondary N) is 1.